The van der Waals surface area contributed by atoms with Crippen LogP contribution in [0.25, 0.3) is 11.0 Å². The van der Waals surface area contributed by atoms with Crippen molar-refractivity contribution in [3.63, 3.8) is 0 Å². The van der Waals surface area contributed by atoms with Crippen LogP contribution in [0.5, 0.6) is 5.75 Å². The number of rotatable bonds is 10. The summed E-state index contributed by atoms with van der Waals surface area (Å²) in [6.45, 7) is 2.23. The molecule has 0 spiro atoms. The Labute approximate surface area is 191 Å². The van der Waals surface area contributed by atoms with Gasteiger partial charge in [0.05, 0.1) is 11.0 Å². The van der Waals surface area contributed by atoms with Gasteiger partial charge in [0, 0.05) is 38.8 Å². The molecule has 0 bridgehead atoms. The van der Waals surface area contributed by atoms with E-state index in [1.165, 1.54) is 5.56 Å². The summed E-state index contributed by atoms with van der Waals surface area (Å²) in [7, 11) is 3.58. The molecule has 0 amide bonds. The van der Waals surface area contributed by atoms with E-state index in [1.807, 2.05) is 36.4 Å². The van der Waals surface area contributed by atoms with E-state index in [9.17, 15) is 4.79 Å². The van der Waals surface area contributed by atoms with Gasteiger partial charge in [-0.15, -0.1) is 0 Å². The third-order valence-electron chi connectivity index (χ3n) is 5.27. The maximum atomic E-state index is 12.1. The summed E-state index contributed by atoms with van der Waals surface area (Å²) in [4.78, 5) is 20.5. The Kier molecular flexibility index (Phi) is 7.24. The van der Waals surface area contributed by atoms with Crippen LogP contribution >= 0.6 is 11.8 Å². The monoisotopic (exact) mass is 449 g/mol. The van der Waals surface area contributed by atoms with Gasteiger partial charge in [-0.3, -0.25) is 9.13 Å². The van der Waals surface area contributed by atoms with Gasteiger partial charge >= 0.3 is 5.69 Å². The van der Waals surface area contributed by atoms with E-state index < -0.39 is 0 Å². The van der Waals surface area contributed by atoms with Gasteiger partial charge in [-0.05, 0) is 54.4 Å². The highest BCUT2D eigenvalue weighted by Gasteiger charge is 2.08. The first-order valence-electron chi connectivity index (χ1n) is 10.6. The number of hydrogen-bond donors (Lipinski definition) is 1. The first-order chi connectivity index (χ1) is 15.6. The molecule has 0 aliphatic rings. The van der Waals surface area contributed by atoms with E-state index in [2.05, 4.69) is 27.4 Å². The number of benzene rings is 2. The van der Waals surface area contributed by atoms with Crippen LogP contribution in [0.15, 0.2) is 70.9 Å². The van der Waals surface area contributed by atoms with Crippen molar-refractivity contribution in [2.75, 3.05) is 12.3 Å². The summed E-state index contributed by atoms with van der Waals surface area (Å²) in [5.74, 6) is 1.82. The number of aromatic nitrogens is 4. The van der Waals surface area contributed by atoms with Crippen LogP contribution in [0, 0.1) is 0 Å². The maximum Gasteiger partial charge on any atom is 0.328 e. The van der Waals surface area contributed by atoms with Crippen LogP contribution in [0.1, 0.15) is 17.5 Å². The molecule has 1 N–H and O–H groups in total. The fourth-order valence-electron chi connectivity index (χ4n) is 3.47. The third-order valence-corrected chi connectivity index (χ3v) is 6.23. The SMILES string of the molecule is Cn1c(=O)n(C)c2cc(COc3ccc(CNCCCSc4ncccn4)cc3)ccc21. The van der Waals surface area contributed by atoms with Crippen LogP contribution in [0.3, 0.4) is 0 Å². The van der Waals surface area contributed by atoms with Gasteiger partial charge in [0.25, 0.3) is 0 Å². The first-order valence-corrected chi connectivity index (χ1v) is 11.6. The third kappa shape index (κ3) is 5.38. The number of aryl methyl sites for hydroxylation is 2. The van der Waals surface area contributed by atoms with E-state index in [-0.39, 0.29) is 5.69 Å². The van der Waals surface area contributed by atoms with Gasteiger partial charge in [-0.25, -0.2) is 14.8 Å². The number of nitrogens with one attached hydrogen (secondary N) is 1. The molecule has 2 aromatic carbocycles. The number of thioether (sulfide) groups is 1. The lowest BCUT2D eigenvalue weighted by molar-refractivity contribution is 0.306. The van der Waals surface area contributed by atoms with Crippen molar-refractivity contribution in [3.8, 4) is 5.75 Å². The minimum Gasteiger partial charge on any atom is -0.489 e. The van der Waals surface area contributed by atoms with Crippen molar-refractivity contribution in [1.82, 2.24) is 24.4 Å². The highest BCUT2D eigenvalue weighted by molar-refractivity contribution is 7.99. The van der Waals surface area contributed by atoms with Gasteiger partial charge in [-0.1, -0.05) is 30.0 Å². The highest BCUT2D eigenvalue weighted by atomic mass is 32.2. The predicted octanol–water partition coefficient (Wildman–Crippen LogP) is 3.52. The second kappa shape index (κ2) is 10.5. The lowest BCUT2D eigenvalue weighted by Crippen LogP contribution is -2.19. The number of fused-ring (bicyclic) bond motifs is 1. The fraction of sp³-hybridized carbons (Fsp3) is 0.292. The summed E-state index contributed by atoms with van der Waals surface area (Å²) in [5.41, 5.74) is 4.06. The second-order valence-corrected chi connectivity index (χ2v) is 8.63. The Morgan fingerprint density at radius 2 is 1.69 bits per heavy atom. The van der Waals surface area contributed by atoms with Crippen molar-refractivity contribution >= 4 is 22.8 Å². The molecule has 0 radical (unpaired) electrons. The maximum absolute atomic E-state index is 12.1. The molecule has 0 saturated heterocycles. The molecular formula is C24H27N5O2S. The normalized spacial score (nSPS) is 11.2. The predicted molar refractivity (Wildman–Crippen MR) is 128 cm³/mol. The molecule has 0 aliphatic heterocycles. The summed E-state index contributed by atoms with van der Waals surface area (Å²) >= 11 is 1.68. The Bertz CT molecular complexity index is 1220. The summed E-state index contributed by atoms with van der Waals surface area (Å²) in [6.07, 6.45) is 4.60. The molecule has 8 heteroatoms. The molecule has 2 aromatic heterocycles. The zero-order valence-electron chi connectivity index (χ0n) is 18.3. The number of imidazole rings is 1. The number of nitrogens with zero attached hydrogens (tertiary/aromatic N) is 4. The van der Waals surface area contributed by atoms with E-state index in [0.717, 1.165) is 52.8 Å². The van der Waals surface area contributed by atoms with Crippen LogP contribution < -0.4 is 15.7 Å². The van der Waals surface area contributed by atoms with Gasteiger partial charge in [0.1, 0.15) is 12.4 Å². The Morgan fingerprint density at radius 1 is 0.969 bits per heavy atom. The van der Waals surface area contributed by atoms with Gasteiger partial charge < -0.3 is 10.1 Å². The molecule has 2 heterocycles. The van der Waals surface area contributed by atoms with E-state index in [0.29, 0.717) is 6.61 Å². The summed E-state index contributed by atoms with van der Waals surface area (Å²) in [6, 6.07) is 16.0. The smallest absolute Gasteiger partial charge is 0.328 e. The van der Waals surface area contributed by atoms with Gasteiger partial charge in [0.15, 0.2) is 5.16 Å². The molecule has 0 unspecified atom stereocenters. The average molecular weight is 450 g/mol. The number of ether oxygens (including phenoxy) is 1. The Hall–Kier alpha value is -3.10. The molecule has 0 saturated carbocycles. The minimum absolute atomic E-state index is 0.0220. The second-order valence-electron chi connectivity index (χ2n) is 7.57. The Balaban J connectivity index is 1.20. The lowest BCUT2D eigenvalue weighted by atomic mass is 10.2. The van der Waals surface area contributed by atoms with Crippen LogP contribution in [0.4, 0.5) is 0 Å². The molecule has 0 atom stereocenters. The molecule has 0 aliphatic carbocycles. The topological polar surface area (TPSA) is 74.0 Å². The van der Waals surface area contributed by atoms with Crippen LogP contribution in [-0.2, 0) is 27.2 Å². The lowest BCUT2D eigenvalue weighted by Gasteiger charge is -2.09. The van der Waals surface area contributed by atoms with Crippen molar-refractivity contribution in [2.24, 2.45) is 14.1 Å². The van der Waals surface area contributed by atoms with Crippen molar-refractivity contribution in [1.29, 1.82) is 0 Å². The zero-order valence-corrected chi connectivity index (χ0v) is 19.1. The molecule has 0 fully saturated rings. The van der Waals surface area contributed by atoms with Crippen LogP contribution in [0.2, 0.25) is 0 Å². The molecule has 32 heavy (non-hydrogen) atoms. The van der Waals surface area contributed by atoms with E-state index >= 15 is 0 Å². The molecule has 4 aromatic rings. The van der Waals surface area contributed by atoms with Gasteiger partial charge in [0.2, 0.25) is 0 Å². The van der Waals surface area contributed by atoms with E-state index in [1.54, 1.807) is 47.4 Å². The molecule has 166 valence electrons. The van der Waals surface area contributed by atoms with Crippen molar-refractivity contribution < 1.29 is 4.74 Å². The summed E-state index contributed by atoms with van der Waals surface area (Å²) in [5, 5.41) is 4.30. The molecule has 7 nitrogen and oxygen atoms in total. The molecule has 4 rings (SSSR count). The van der Waals surface area contributed by atoms with Crippen LogP contribution in [-0.4, -0.2) is 31.4 Å². The fourth-order valence-corrected chi connectivity index (χ4v) is 4.21. The van der Waals surface area contributed by atoms with E-state index in [4.69, 9.17) is 4.74 Å². The van der Waals surface area contributed by atoms with Gasteiger partial charge in [-0.2, -0.15) is 0 Å². The zero-order chi connectivity index (χ0) is 22.3. The standard InChI is InChI=1S/C24H27N5O2S/c1-28-21-10-7-19(15-22(21)29(2)24(28)30)17-31-20-8-5-18(6-9-20)16-25-11-4-14-32-23-26-12-3-13-27-23/h3,5-10,12-13,15,25H,4,11,14,16-17H2,1-2H3. The Morgan fingerprint density at radius 3 is 2.47 bits per heavy atom. The largest absolute Gasteiger partial charge is 0.489 e. The quantitative estimate of drug-likeness (QED) is 0.227. The van der Waals surface area contributed by atoms with Crippen molar-refractivity contribution in [3.05, 3.63) is 82.5 Å². The summed E-state index contributed by atoms with van der Waals surface area (Å²) < 4.78 is 9.26. The first kappa shape index (κ1) is 22.1. The number of hydrogen-bond acceptors (Lipinski definition) is 6. The van der Waals surface area contributed by atoms with Crippen molar-refractivity contribution in [2.45, 2.75) is 24.7 Å². The average Bonchev–Trinajstić information content (AvgIpc) is 3.05. The molecular weight excluding hydrogens is 422 g/mol. The minimum atomic E-state index is -0.0220. The highest BCUT2D eigenvalue weighted by Crippen LogP contribution is 2.18.